The molecule has 1 aromatic heterocycles. The molecule has 0 atom stereocenters. The molecule has 4 heteroatoms. The van der Waals surface area contributed by atoms with Crippen LogP contribution in [0.25, 0.3) is 0 Å². The van der Waals surface area contributed by atoms with Gasteiger partial charge in [0.2, 0.25) is 0 Å². The van der Waals surface area contributed by atoms with E-state index in [0.29, 0.717) is 0 Å². The van der Waals surface area contributed by atoms with Crippen molar-refractivity contribution in [1.29, 1.82) is 0 Å². The van der Waals surface area contributed by atoms with Crippen molar-refractivity contribution in [1.82, 2.24) is 15.1 Å². The molecule has 1 aromatic rings. The largest absolute Gasteiger partial charge is 0.396 e. The third kappa shape index (κ3) is 3.32. The van der Waals surface area contributed by atoms with Crippen molar-refractivity contribution in [3.8, 4) is 0 Å². The maximum Gasteiger partial charge on any atom is 0.0641 e. The third-order valence-corrected chi connectivity index (χ3v) is 2.79. The average molecular weight is 225 g/mol. The standard InChI is InChI=1S/C12H23N3O/c1-4-6-13-9-12-10(2)14-15(11(12)3)7-5-8-16/h13,16H,4-9H2,1-3H3. The molecule has 0 bridgehead atoms. The van der Waals surface area contributed by atoms with Gasteiger partial charge in [-0.2, -0.15) is 5.10 Å². The monoisotopic (exact) mass is 225 g/mol. The fourth-order valence-corrected chi connectivity index (χ4v) is 1.82. The van der Waals surface area contributed by atoms with Crippen LogP contribution >= 0.6 is 0 Å². The quantitative estimate of drug-likeness (QED) is 0.689. The summed E-state index contributed by atoms with van der Waals surface area (Å²) in [6.45, 7) is 9.27. The summed E-state index contributed by atoms with van der Waals surface area (Å²) >= 11 is 0. The normalized spacial score (nSPS) is 11.0. The van der Waals surface area contributed by atoms with Crippen molar-refractivity contribution in [2.75, 3.05) is 13.2 Å². The lowest BCUT2D eigenvalue weighted by Crippen LogP contribution is -2.15. The number of hydrogen-bond donors (Lipinski definition) is 2. The first-order valence-corrected chi connectivity index (χ1v) is 6.05. The number of aliphatic hydroxyl groups is 1. The number of nitrogens with one attached hydrogen (secondary N) is 1. The first-order valence-electron chi connectivity index (χ1n) is 6.05. The molecule has 0 aromatic carbocycles. The smallest absolute Gasteiger partial charge is 0.0641 e. The summed E-state index contributed by atoms with van der Waals surface area (Å²) in [5.74, 6) is 0. The Bertz CT molecular complexity index is 320. The summed E-state index contributed by atoms with van der Waals surface area (Å²) in [5.41, 5.74) is 3.61. The molecular weight excluding hydrogens is 202 g/mol. The molecule has 0 spiro atoms. The highest BCUT2D eigenvalue weighted by atomic mass is 16.3. The fourth-order valence-electron chi connectivity index (χ4n) is 1.82. The Balaban J connectivity index is 2.65. The number of rotatable bonds is 7. The highest BCUT2D eigenvalue weighted by Crippen LogP contribution is 2.13. The Kier molecular flexibility index (Phi) is 5.49. The lowest BCUT2D eigenvalue weighted by molar-refractivity contribution is 0.276. The lowest BCUT2D eigenvalue weighted by Gasteiger charge is -2.05. The molecule has 16 heavy (non-hydrogen) atoms. The second-order valence-electron chi connectivity index (χ2n) is 4.13. The van der Waals surface area contributed by atoms with E-state index in [9.17, 15) is 0 Å². The van der Waals surface area contributed by atoms with Crippen molar-refractivity contribution < 1.29 is 5.11 Å². The molecule has 1 rings (SSSR count). The van der Waals surface area contributed by atoms with Crippen LogP contribution in [0.5, 0.6) is 0 Å². The van der Waals surface area contributed by atoms with Gasteiger partial charge in [0.25, 0.3) is 0 Å². The Labute approximate surface area is 97.7 Å². The van der Waals surface area contributed by atoms with Gasteiger partial charge in [0.1, 0.15) is 0 Å². The SMILES string of the molecule is CCCNCc1c(C)nn(CCCO)c1C. The number of nitrogens with zero attached hydrogens (tertiary/aromatic N) is 2. The molecule has 0 aliphatic rings. The Morgan fingerprint density at radius 3 is 2.75 bits per heavy atom. The zero-order valence-corrected chi connectivity index (χ0v) is 10.6. The van der Waals surface area contributed by atoms with Crippen LogP contribution in [0.15, 0.2) is 0 Å². The predicted octanol–water partition coefficient (Wildman–Crippen LogP) is 1.38. The summed E-state index contributed by atoms with van der Waals surface area (Å²) in [6, 6.07) is 0. The molecular formula is C12H23N3O. The van der Waals surface area contributed by atoms with E-state index in [1.165, 1.54) is 11.3 Å². The van der Waals surface area contributed by atoms with E-state index in [2.05, 4.69) is 24.3 Å². The summed E-state index contributed by atoms with van der Waals surface area (Å²) in [5, 5.41) is 16.7. The van der Waals surface area contributed by atoms with E-state index < -0.39 is 0 Å². The summed E-state index contributed by atoms with van der Waals surface area (Å²) in [4.78, 5) is 0. The average Bonchev–Trinajstić information content (AvgIpc) is 2.54. The molecule has 1 heterocycles. The molecule has 0 aliphatic heterocycles. The zero-order chi connectivity index (χ0) is 12.0. The van der Waals surface area contributed by atoms with Crippen LogP contribution in [0, 0.1) is 13.8 Å². The molecule has 0 fully saturated rings. The molecule has 0 amide bonds. The van der Waals surface area contributed by atoms with Crippen molar-refractivity contribution in [2.45, 2.75) is 46.7 Å². The number of aromatic nitrogens is 2. The topological polar surface area (TPSA) is 50.1 Å². The number of aliphatic hydroxyl groups excluding tert-OH is 1. The maximum absolute atomic E-state index is 8.81. The second-order valence-corrected chi connectivity index (χ2v) is 4.13. The van der Waals surface area contributed by atoms with Crippen molar-refractivity contribution in [3.63, 3.8) is 0 Å². The van der Waals surface area contributed by atoms with E-state index in [4.69, 9.17) is 5.11 Å². The van der Waals surface area contributed by atoms with E-state index in [0.717, 1.165) is 38.2 Å². The van der Waals surface area contributed by atoms with Crippen molar-refractivity contribution in [2.24, 2.45) is 0 Å². The van der Waals surface area contributed by atoms with E-state index in [1.54, 1.807) is 0 Å². The summed E-state index contributed by atoms with van der Waals surface area (Å²) < 4.78 is 1.99. The van der Waals surface area contributed by atoms with Crippen LogP contribution < -0.4 is 5.32 Å². The molecule has 4 nitrogen and oxygen atoms in total. The van der Waals surface area contributed by atoms with Gasteiger partial charge >= 0.3 is 0 Å². The minimum Gasteiger partial charge on any atom is -0.396 e. The predicted molar refractivity (Wildman–Crippen MR) is 65.4 cm³/mol. The van der Waals surface area contributed by atoms with Crippen LogP contribution in [0.1, 0.15) is 36.7 Å². The highest BCUT2D eigenvalue weighted by Gasteiger charge is 2.10. The Hall–Kier alpha value is -0.870. The minimum absolute atomic E-state index is 0.224. The molecule has 0 saturated carbocycles. The van der Waals surface area contributed by atoms with Gasteiger partial charge in [0.05, 0.1) is 5.69 Å². The Morgan fingerprint density at radius 1 is 1.38 bits per heavy atom. The van der Waals surface area contributed by atoms with Gasteiger partial charge < -0.3 is 10.4 Å². The van der Waals surface area contributed by atoms with E-state index in [1.807, 2.05) is 11.6 Å². The van der Waals surface area contributed by atoms with Crippen molar-refractivity contribution in [3.05, 3.63) is 17.0 Å². The lowest BCUT2D eigenvalue weighted by atomic mass is 10.2. The molecule has 0 saturated heterocycles. The van der Waals surface area contributed by atoms with Crippen LogP contribution in [0.2, 0.25) is 0 Å². The minimum atomic E-state index is 0.224. The zero-order valence-electron chi connectivity index (χ0n) is 10.6. The summed E-state index contributed by atoms with van der Waals surface area (Å²) in [6.07, 6.45) is 1.92. The fraction of sp³-hybridized carbons (Fsp3) is 0.750. The van der Waals surface area contributed by atoms with Gasteiger partial charge in [-0.25, -0.2) is 0 Å². The first kappa shape index (κ1) is 13.2. The second kappa shape index (κ2) is 6.66. The van der Waals surface area contributed by atoms with Crippen LogP contribution in [0.4, 0.5) is 0 Å². The van der Waals surface area contributed by atoms with Crippen molar-refractivity contribution >= 4 is 0 Å². The van der Waals surface area contributed by atoms with Crippen LogP contribution in [-0.2, 0) is 13.1 Å². The highest BCUT2D eigenvalue weighted by molar-refractivity contribution is 5.24. The van der Waals surface area contributed by atoms with Gasteiger partial charge in [-0.15, -0.1) is 0 Å². The molecule has 2 N–H and O–H groups in total. The molecule has 0 radical (unpaired) electrons. The van der Waals surface area contributed by atoms with Crippen LogP contribution in [0.3, 0.4) is 0 Å². The molecule has 92 valence electrons. The van der Waals surface area contributed by atoms with E-state index >= 15 is 0 Å². The first-order chi connectivity index (χ1) is 7.70. The van der Waals surface area contributed by atoms with Gasteiger partial charge in [-0.05, 0) is 33.2 Å². The van der Waals surface area contributed by atoms with Gasteiger partial charge in [0.15, 0.2) is 0 Å². The van der Waals surface area contributed by atoms with Gasteiger partial charge in [0, 0.05) is 31.0 Å². The Morgan fingerprint density at radius 2 is 2.12 bits per heavy atom. The number of aryl methyl sites for hydroxylation is 2. The molecule has 0 unspecified atom stereocenters. The third-order valence-electron chi connectivity index (χ3n) is 2.79. The number of hydrogen-bond acceptors (Lipinski definition) is 3. The van der Waals surface area contributed by atoms with Gasteiger partial charge in [-0.1, -0.05) is 6.92 Å². The summed E-state index contributed by atoms with van der Waals surface area (Å²) in [7, 11) is 0. The van der Waals surface area contributed by atoms with Crippen LogP contribution in [-0.4, -0.2) is 28.0 Å². The van der Waals surface area contributed by atoms with E-state index in [-0.39, 0.29) is 6.61 Å². The maximum atomic E-state index is 8.81. The van der Waals surface area contributed by atoms with Gasteiger partial charge in [-0.3, -0.25) is 4.68 Å². The molecule has 0 aliphatic carbocycles.